The molecule has 1 fully saturated rings. The molecule has 1 aliphatic carbocycles. The van der Waals surface area contributed by atoms with Crippen LogP contribution in [0.25, 0.3) is 0 Å². The monoisotopic (exact) mass is 246 g/mol. The average Bonchev–Trinajstić information content (AvgIpc) is 2.87. The third kappa shape index (κ3) is 2.09. The molecule has 0 radical (unpaired) electrons. The minimum absolute atomic E-state index is 0.280. The zero-order valence-electron chi connectivity index (χ0n) is 11.1. The standard InChI is InChI=1S/C14H22N4/c1-10(15)11-4-3-7-18(8-11)14-12-5-2-6-13(12)16-9-17-14/h9-11H,2-8,15H2,1H3. The predicted octanol–water partition coefficient (Wildman–Crippen LogP) is 1.53. The van der Waals surface area contributed by atoms with Gasteiger partial charge in [0.25, 0.3) is 0 Å². The fraction of sp³-hybridized carbons (Fsp3) is 0.714. The van der Waals surface area contributed by atoms with Gasteiger partial charge >= 0.3 is 0 Å². The summed E-state index contributed by atoms with van der Waals surface area (Å²) < 4.78 is 0. The number of fused-ring (bicyclic) bond motifs is 1. The van der Waals surface area contributed by atoms with E-state index in [4.69, 9.17) is 5.73 Å². The van der Waals surface area contributed by atoms with Crippen LogP contribution in [0.3, 0.4) is 0 Å². The van der Waals surface area contributed by atoms with Crippen molar-refractivity contribution in [2.45, 2.75) is 45.1 Å². The Morgan fingerprint density at radius 2 is 2.22 bits per heavy atom. The fourth-order valence-corrected chi connectivity index (χ4v) is 3.25. The highest BCUT2D eigenvalue weighted by Crippen LogP contribution is 2.30. The molecule has 3 rings (SSSR count). The third-order valence-corrected chi connectivity index (χ3v) is 4.35. The van der Waals surface area contributed by atoms with Crippen molar-refractivity contribution in [3.8, 4) is 0 Å². The topological polar surface area (TPSA) is 55.0 Å². The van der Waals surface area contributed by atoms with E-state index in [-0.39, 0.29) is 6.04 Å². The van der Waals surface area contributed by atoms with Gasteiger partial charge < -0.3 is 10.6 Å². The molecule has 0 bridgehead atoms. The number of piperidine rings is 1. The van der Waals surface area contributed by atoms with Gasteiger partial charge in [-0.1, -0.05) is 0 Å². The van der Waals surface area contributed by atoms with Crippen LogP contribution in [0.15, 0.2) is 6.33 Å². The Morgan fingerprint density at radius 1 is 1.33 bits per heavy atom. The number of aryl methyl sites for hydroxylation is 1. The zero-order chi connectivity index (χ0) is 12.5. The van der Waals surface area contributed by atoms with Crippen molar-refractivity contribution >= 4 is 5.82 Å². The van der Waals surface area contributed by atoms with Gasteiger partial charge in [0.1, 0.15) is 12.1 Å². The van der Waals surface area contributed by atoms with E-state index >= 15 is 0 Å². The van der Waals surface area contributed by atoms with Gasteiger partial charge in [0.15, 0.2) is 0 Å². The molecule has 2 unspecified atom stereocenters. The molecule has 18 heavy (non-hydrogen) atoms. The Morgan fingerprint density at radius 3 is 3.06 bits per heavy atom. The minimum Gasteiger partial charge on any atom is -0.356 e. The number of nitrogens with zero attached hydrogens (tertiary/aromatic N) is 3. The highest BCUT2D eigenvalue weighted by atomic mass is 15.2. The van der Waals surface area contributed by atoms with Crippen molar-refractivity contribution in [3.05, 3.63) is 17.6 Å². The molecular formula is C14H22N4. The van der Waals surface area contributed by atoms with E-state index in [0.29, 0.717) is 5.92 Å². The molecule has 2 heterocycles. The Kier molecular flexibility index (Phi) is 3.20. The Bertz CT molecular complexity index is 430. The summed E-state index contributed by atoms with van der Waals surface area (Å²) in [5, 5.41) is 0. The van der Waals surface area contributed by atoms with Gasteiger partial charge in [-0.05, 0) is 44.9 Å². The summed E-state index contributed by atoms with van der Waals surface area (Å²) in [5.41, 5.74) is 8.72. The lowest BCUT2D eigenvalue weighted by Crippen LogP contribution is -2.43. The first-order chi connectivity index (χ1) is 8.75. The second kappa shape index (κ2) is 4.84. The van der Waals surface area contributed by atoms with Crippen LogP contribution in [0.2, 0.25) is 0 Å². The van der Waals surface area contributed by atoms with Crippen LogP contribution in [-0.4, -0.2) is 29.1 Å². The Balaban J connectivity index is 1.84. The van der Waals surface area contributed by atoms with Gasteiger partial charge in [-0.25, -0.2) is 9.97 Å². The van der Waals surface area contributed by atoms with E-state index in [1.807, 2.05) is 0 Å². The molecule has 2 aliphatic rings. The van der Waals surface area contributed by atoms with E-state index in [1.165, 1.54) is 36.3 Å². The molecule has 1 aromatic heterocycles. The summed E-state index contributed by atoms with van der Waals surface area (Å²) in [6.07, 6.45) is 7.70. The molecule has 2 N–H and O–H groups in total. The summed E-state index contributed by atoms with van der Waals surface area (Å²) in [5.74, 6) is 1.79. The van der Waals surface area contributed by atoms with E-state index in [2.05, 4.69) is 21.8 Å². The van der Waals surface area contributed by atoms with Crippen LogP contribution < -0.4 is 10.6 Å². The predicted molar refractivity (Wildman–Crippen MR) is 72.6 cm³/mol. The quantitative estimate of drug-likeness (QED) is 0.860. The van der Waals surface area contributed by atoms with E-state index in [0.717, 1.165) is 25.9 Å². The average molecular weight is 246 g/mol. The normalized spacial score (nSPS) is 25.0. The third-order valence-electron chi connectivity index (χ3n) is 4.35. The second-order valence-electron chi connectivity index (χ2n) is 5.68. The van der Waals surface area contributed by atoms with E-state index in [9.17, 15) is 0 Å². The van der Waals surface area contributed by atoms with Crippen LogP contribution in [-0.2, 0) is 12.8 Å². The van der Waals surface area contributed by atoms with E-state index in [1.54, 1.807) is 6.33 Å². The highest BCUT2D eigenvalue weighted by Gasteiger charge is 2.27. The smallest absolute Gasteiger partial charge is 0.135 e. The molecule has 0 saturated carbocycles. The molecule has 1 aromatic rings. The van der Waals surface area contributed by atoms with Gasteiger partial charge in [-0.3, -0.25) is 0 Å². The van der Waals surface area contributed by atoms with Gasteiger partial charge in [-0.15, -0.1) is 0 Å². The zero-order valence-corrected chi connectivity index (χ0v) is 11.1. The number of hydrogen-bond acceptors (Lipinski definition) is 4. The number of hydrogen-bond donors (Lipinski definition) is 1. The summed E-state index contributed by atoms with van der Waals surface area (Å²) in [7, 11) is 0. The van der Waals surface area contributed by atoms with Crippen molar-refractivity contribution in [2.24, 2.45) is 11.7 Å². The number of rotatable bonds is 2. The van der Waals surface area contributed by atoms with Crippen molar-refractivity contribution in [1.29, 1.82) is 0 Å². The molecule has 1 aliphatic heterocycles. The summed E-state index contributed by atoms with van der Waals surface area (Å²) in [6.45, 7) is 4.30. The molecular weight excluding hydrogens is 224 g/mol. The number of aromatic nitrogens is 2. The second-order valence-corrected chi connectivity index (χ2v) is 5.68. The summed E-state index contributed by atoms with van der Waals surface area (Å²) in [6, 6.07) is 0.280. The van der Waals surface area contributed by atoms with Crippen LogP contribution in [0.4, 0.5) is 5.82 Å². The first-order valence-electron chi connectivity index (χ1n) is 7.09. The largest absolute Gasteiger partial charge is 0.356 e. The molecule has 4 nitrogen and oxygen atoms in total. The molecule has 98 valence electrons. The maximum Gasteiger partial charge on any atom is 0.135 e. The van der Waals surface area contributed by atoms with Crippen molar-refractivity contribution in [1.82, 2.24) is 9.97 Å². The number of nitrogens with two attached hydrogens (primary N) is 1. The lowest BCUT2D eigenvalue weighted by Gasteiger charge is -2.36. The van der Waals surface area contributed by atoms with Crippen molar-refractivity contribution in [3.63, 3.8) is 0 Å². The maximum absolute atomic E-state index is 6.06. The molecule has 1 saturated heterocycles. The summed E-state index contributed by atoms with van der Waals surface area (Å²) in [4.78, 5) is 11.4. The first-order valence-corrected chi connectivity index (χ1v) is 7.09. The van der Waals surface area contributed by atoms with Crippen molar-refractivity contribution in [2.75, 3.05) is 18.0 Å². The maximum atomic E-state index is 6.06. The highest BCUT2D eigenvalue weighted by molar-refractivity contribution is 5.50. The summed E-state index contributed by atoms with van der Waals surface area (Å²) >= 11 is 0. The van der Waals surface area contributed by atoms with Crippen LogP contribution in [0.1, 0.15) is 37.4 Å². The van der Waals surface area contributed by atoms with Crippen LogP contribution >= 0.6 is 0 Å². The molecule has 2 atom stereocenters. The van der Waals surface area contributed by atoms with Crippen molar-refractivity contribution < 1.29 is 0 Å². The first kappa shape index (κ1) is 11.9. The lowest BCUT2D eigenvalue weighted by molar-refractivity contribution is 0.363. The van der Waals surface area contributed by atoms with Crippen LogP contribution in [0, 0.1) is 5.92 Å². The SMILES string of the molecule is CC(N)C1CCCN(c2ncnc3c2CCC3)C1. The van der Waals surface area contributed by atoms with Gasteiger partial charge in [-0.2, -0.15) is 0 Å². The fourth-order valence-electron chi connectivity index (χ4n) is 3.25. The van der Waals surface area contributed by atoms with Gasteiger partial charge in [0.05, 0.1) is 0 Å². The molecule has 0 spiro atoms. The lowest BCUT2D eigenvalue weighted by atomic mass is 9.92. The van der Waals surface area contributed by atoms with Crippen LogP contribution in [0.5, 0.6) is 0 Å². The minimum atomic E-state index is 0.280. The molecule has 0 amide bonds. The Hall–Kier alpha value is -1.16. The molecule has 0 aromatic carbocycles. The van der Waals surface area contributed by atoms with Gasteiger partial charge in [0, 0.05) is 30.4 Å². The van der Waals surface area contributed by atoms with Gasteiger partial charge in [0.2, 0.25) is 0 Å². The number of anilines is 1. The molecule has 4 heteroatoms. The van der Waals surface area contributed by atoms with E-state index < -0.39 is 0 Å². The Labute approximate surface area is 109 Å².